The molecule has 0 saturated heterocycles. The second kappa shape index (κ2) is 5.03. The van der Waals surface area contributed by atoms with Crippen LogP contribution in [-0.4, -0.2) is 13.2 Å². The monoisotopic (exact) mass is 118 g/mol. The molecule has 0 fully saturated rings. The minimum absolute atomic E-state index is 0.526. The molecule has 0 aromatic carbocycles. The van der Waals surface area contributed by atoms with Gasteiger partial charge < -0.3 is 10.6 Å². The normalized spacial score (nSPS) is 13.9. The van der Waals surface area contributed by atoms with Crippen molar-refractivity contribution in [2.75, 3.05) is 13.2 Å². The summed E-state index contributed by atoms with van der Waals surface area (Å²) in [5, 5.41) is 0. The van der Waals surface area contributed by atoms with E-state index in [-0.39, 0.29) is 0 Å². The van der Waals surface area contributed by atoms with Gasteiger partial charge in [0.05, 0.1) is 6.61 Å². The van der Waals surface area contributed by atoms with Crippen LogP contribution in [0.2, 0.25) is 0 Å². The second-order valence-electron chi connectivity index (χ2n) is 2.00. The third-order valence-corrected chi connectivity index (χ3v) is 1.13. The Morgan fingerprint density at radius 1 is 1.62 bits per heavy atom. The quantitative estimate of drug-likeness (QED) is 0.505. The Kier molecular flexibility index (Phi) is 4.95. The molecule has 3 nitrogen and oxygen atoms in total. The Bertz CT molecular complexity index is 49.7. The molecular weight excluding hydrogens is 104 g/mol. The highest BCUT2D eigenvalue weighted by molar-refractivity contribution is 4.50. The van der Waals surface area contributed by atoms with Crippen molar-refractivity contribution >= 4 is 0 Å². The van der Waals surface area contributed by atoms with Gasteiger partial charge in [-0.15, -0.1) is 0 Å². The predicted octanol–water partition coefficient (Wildman–Crippen LogP) is -0.138. The summed E-state index contributed by atoms with van der Waals surface area (Å²) in [6.45, 7) is 3.39. The fraction of sp³-hybridized carbons (Fsp3) is 1.00. The standard InChI is InChI=1S/C5H14N2O/c1-5(4-6)2-3-8-7/h5H,2-4,6-7H2,1H3. The van der Waals surface area contributed by atoms with E-state index in [0.29, 0.717) is 19.1 Å². The molecule has 3 heteroatoms. The molecule has 0 bridgehead atoms. The molecule has 0 rings (SSSR count). The third kappa shape index (κ3) is 4.05. The van der Waals surface area contributed by atoms with Crippen LogP contribution < -0.4 is 11.6 Å². The average Bonchev–Trinajstić information content (AvgIpc) is 1.83. The Labute approximate surface area is 49.9 Å². The number of rotatable bonds is 4. The first-order valence-electron chi connectivity index (χ1n) is 2.83. The zero-order chi connectivity index (χ0) is 6.41. The van der Waals surface area contributed by atoms with E-state index in [0.717, 1.165) is 6.42 Å². The van der Waals surface area contributed by atoms with Crippen LogP contribution in [0.1, 0.15) is 13.3 Å². The van der Waals surface area contributed by atoms with Crippen molar-refractivity contribution in [1.29, 1.82) is 0 Å². The maximum absolute atomic E-state index is 5.32. The molecule has 0 aromatic heterocycles. The summed E-state index contributed by atoms with van der Waals surface area (Å²) in [6, 6.07) is 0. The van der Waals surface area contributed by atoms with E-state index in [1.54, 1.807) is 0 Å². The maximum atomic E-state index is 5.32. The molecule has 8 heavy (non-hydrogen) atoms. The zero-order valence-corrected chi connectivity index (χ0v) is 5.26. The Hall–Kier alpha value is -0.120. The molecule has 50 valence electrons. The lowest BCUT2D eigenvalue weighted by atomic mass is 10.1. The first kappa shape index (κ1) is 7.88. The molecular formula is C5H14N2O. The molecule has 0 radical (unpaired) electrons. The van der Waals surface area contributed by atoms with Gasteiger partial charge in [0.1, 0.15) is 0 Å². The van der Waals surface area contributed by atoms with Gasteiger partial charge >= 0.3 is 0 Å². The Morgan fingerprint density at radius 3 is 2.62 bits per heavy atom. The van der Waals surface area contributed by atoms with Gasteiger partial charge in [0, 0.05) is 0 Å². The summed E-state index contributed by atoms with van der Waals surface area (Å²) in [5.41, 5.74) is 5.32. The van der Waals surface area contributed by atoms with Crippen molar-refractivity contribution in [3.05, 3.63) is 0 Å². The summed E-state index contributed by atoms with van der Waals surface area (Å²) in [4.78, 5) is 4.36. The van der Waals surface area contributed by atoms with Gasteiger partial charge in [-0.2, -0.15) is 0 Å². The molecule has 0 aliphatic heterocycles. The number of nitrogens with two attached hydrogens (primary N) is 2. The molecule has 1 atom stereocenters. The van der Waals surface area contributed by atoms with E-state index in [1.165, 1.54) is 0 Å². The lowest BCUT2D eigenvalue weighted by molar-refractivity contribution is 0.125. The lowest BCUT2D eigenvalue weighted by Gasteiger charge is -2.04. The molecule has 0 amide bonds. The van der Waals surface area contributed by atoms with Crippen molar-refractivity contribution < 1.29 is 4.84 Å². The van der Waals surface area contributed by atoms with Gasteiger partial charge in [0.25, 0.3) is 0 Å². The van der Waals surface area contributed by atoms with Crippen LogP contribution in [-0.2, 0) is 4.84 Å². The fourth-order valence-corrected chi connectivity index (χ4v) is 0.387. The largest absolute Gasteiger partial charge is 0.330 e. The molecule has 0 spiro atoms. The van der Waals surface area contributed by atoms with Crippen molar-refractivity contribution in [2.45, 2.75) is 13.3 Å². The SMILES string of the molecule is CC(CN)CCON. The summed E-state index contributed by atoms with van der Waals surface area (Å²) < 4.78 is 0. The van der Waals surface area contributed by atoms with E-state index in [9.17, 15) is 0 Å². The van der Waals surface area contributed by atoms with E-state index in [1.807, 2.05) is 0 Å². The highest BCUT2D eigenvalue weighted by Crippen LogP contribution is 1.96. The van der Waals surface area contributed by atoms with Gasteiger partial charge in [-0.05, 0) is 18.9 Å². The van der Waals surface area contributed by atoms with E-state index in [4.69, 9.17) is 11.6 Å². The molecule has 0 aliphatic rings. The van der Waals surface area contributed by atoms with Gasteiger partial charge in [0.2, 0.25) is 0 Å². The molecule has 0 saturated carbocycles. The summed E-state index contributed by atoms with van der Waals surface area (Å²) in [7, 11) is 0. The van der Waals surface area contributed by atoms with Crippen LogP contribution in [0.15, 0.2) is 0 Å². The summed E-state index contributed by atoms with van der Waals surface area (Å²) in [6.07, 6.45) is 0.951. The number of hydrogen-bond acceptors (Lipinski definition) is 3. The number of hydrogen-bond donors (Lipinski definition) is 2. The van der Waals surface area contributed by atoms with Gasteiger partial charge in [-0.25, -0.2) is 5.90 Å². The van der Waals surface area contributed by atoms with Crippen LogP contribution in [0.5, 0.6) is 0 Å². The van der Waals surface area contributed by atoms with E-state index < -0.39 is 0 Å². The van der Waals surface area contributed by atoms with Crippen molar-refractivity contribution in [3.8, 4) is 0 Å². The predicted molar refractivity (Wildman–Crippen MR) is 33.0 cm³/mol. The highest BCUT2D eigenvalue weighted by Gasteiger charge is 1.95. The van der Waals surface area contributed by atoms with Crippen molar-refractivity contribution in [2.24, 2.45) is 17.5 Å². The first-order valence-corrected chi connectivity index (χ1v) is 2.83. The van der Waals surface area contributed by atoms with Crippen LogP contribution in [0.3, 0.4) is 0 Å². The Morgan fingerprint density at radius 2 is 2.25 bits per heavy atom. The fourth-order valence-electron chi connectivity index (χ4n) is 0.387. The van der Waals surface area contributed by atoms with Crippen LogP contribution >= 0.6 is 0 Å². The topological polar surface area (TPSA) is 61.3 Å². The third-order valence-electron chi connectivity index (χ3n) is 1.13. The average molecular weight is 118 g/mol. The smallest absolute Gasteiger partial charge is 0.0682 e. The van der Waals surface area contributed by atoms with Crippen LogP contribution in [0.4, 0.5) is 0 Å². The van der Waals surface area contributed by atoms with Crippen molar-refractivity contribution in [3.63, 3.8) is 0 Å². The Balaban J connectivity index is 2.86. The van der Waals surface area contributed by atoms with Crippen LogP contribution in [0, 0.1) is 5.92 Å². The first-order chi connectivity index (χ1) is 3.81. The molecule has 0 aliphatic carbocycles. The molecule has 1 unspecified atom stereocenters. The summed E-state index contributed by atoms with van der Waals surface area (Å²) in [5.74, 6) is 5.32. The minimum Gasteiger partial charge on any atom is -0.330 e. The molecule has 4 N–H and O–H groups in total. The highest BCUT2D eigenvalue weighted by atomic mass is 16.6. The van der Waals surface area contributed by atoms with Gasteiger partial charge in [-0.3, -0.25) is 0 Å². The lowest BCUT2D eigenvalue weighted by Crippen LogP contribution is -2.14. The summed E-state index contributed by atoms with van der Waals surface area (Å²) >= 11 is 0. The van der Waals surface area contributed by atoms with Crippen molar-refractivity contribution in [1.82, 2.24) is 0 Å². The molecule has 0 heterocycles. The van der Waals surface area contributed by atoms with Gasteiger partial charge in [-0.1, -0.05) is 6.92 Å². The zero-order valence-electron chi connectivity index (χ0n) is 5.26. The second-order valence-corrected chi connectivity index (χ2v) is 2.00. The van der Waals surface area contributed by atoms with Gasteiger partial charge in [0.15, 0.2) is 0 Å². The van der Waals surface area contributed by atoms with E-state index >= 15 is 0 Å². The minimum atomic E-state index is 0.526. The van der Waals surface area contributed by atoms with Crippen LogP contribution in [0.25, 0.3) is 0 Å². The molecule has 0 aromatic rings. The van der Waals surface area contributed by atoms with E-state index in [2.05, 4.69) is 11.8 Å². The maximum Gasteiger partial charge on any atom is 0.0682 e.